The van der Waals surface area contributed by atoms with Gasteiger partial charge < -0.3 is 10.6 Å². The molecule has 1 fully saturated rings. The van der Waals surface area contributed by atoms with Crippen LogP contribution in [0.5, 0.6) is 0 Å². The van der Waals surface area contributed by atoms with E-state index in [1.807, 2.05) is 30.3 Å². The number of hydrogen-bond donors (Lipinski definition) is 2. The summed E-state index contributed by atoms with van der Waals surface area (Å²) >= 11 is 0. The zero-order chi connectivity index (χ0) is 23.4. The molecule has 0 bridgehead atoms. The molecule has 3 aromatic rings. The normalized spacial score (nSPS) is 18.6. The average molecular weight is 454 g/mol. The van der Waals surface area contributed by atoms with Crippen LogP contribution in [0.1, 0.15) is 36.9 Å². The summed E-state index contributed by atoms with van der Waals surface area (Å²) in [6.45, 7) is 3.93. The van der Waals surface area contributed by atoms with Crippen LogP contribution in [0.25, 0.3) is 10.9 Å². The highest BCUT2D eigenvalue weighted by Gasteiger charge is 2.34. The molecule has 4 nitrogen and oxygen atoms in total. The lowest BCUT2D eigenvalue weighted by Gasteiger charge is -2.31. The highest BCUT2D eigenvalue weighted by Crippen LogP contribution is 2.34. The number of carbonyl (C=O) groups excluding carboxylic acids is 1. The Balaban J connectivity index is 1.43. The zero-order valence-electron chi connectivity index (χ0n) is 18.2. The number of alkyl halides is 3. The van der Waals surface area contributed by atoms with Crippen LogP contribution < -0.4 is 10.6 Å². The van der Waals surface area contributed by atoms with Gasteiger partial charge in [-0.1, -0.05) is 55.1 Å². The second kappa shape index (κ2) is 9.65. The van der Waals surface area contributed by atoms with Crippen molar-refractivity contribution in [1.82, 2.24) is 10.3 Å². The van der Waals surface area contributed by atoms with E-state index in [-0.39, 0.29) is 18.0 Å². The third-order valence-corrected chi connectivity index (χ3v) is 5.96. The van der Waals surface area contributed by atoms with Crippen LogP contribution in [0.15, 0.2) is 72.8 Å². The van der Waals surface area contributed by atoms with Crippen LogP contribution in [0.2, 0.25) is 0 Å². The molecule has 2 N–H and O–H groups in total. The van der Waals surface area contributed by atoms with Gasteiger partial charge in [0, 0.05) is 35.2 Å². The Hall–Kier alpha value is -3.35. The van der Waals surface area contributed by atoms with Gasteiger partial charge in [0.2, 0.25) is 5.91 Å². The van der Waals surface area contributed by atoms with E-state index < -0.39 is 11.9 Å². The Morgan fingerprint density at radius 1 is 1.03 bits per heavy atom. The number of pyridine rings is 1. The highest BCUT2D eigenvalue weighted by atomic mass is 19.4. The summed E-state index contributed by atoms with van der Waals surface area (Å²) in [7, 11) is 0. The number of aromatic nitrogens is 1. The van der Waals surface area contributed by atoms with Crippen molar-refractivity contribution in [2.24, 2.45) is 0 Å². The van der Waals surface area contributed by atoms with Gasteiger partial charge in [-0.3, -0.25) is 4.79 Å². The average Bonchev–Trinajstić information content (AvgIpc) is 2.79. The van der Waals surface area contributed by atoms with Crippen LogP contribution in [0.3, 0.4) is 0 Å². The lowest BCUT2D eigenvalue weighted by Crippen LogP contribution is -2.42. The molecule has 2 aromatic carbocycles. The van der Waals surface area contributed by atoms with E-state index in [4.69, 9.17) is 0 Å². The molecular weight excluding hydrogens is 427 g/mol. The molecule has 2 atom stereocenters. The fourth-order valence-electron chi connectivity index (χ4n) is 4.32. The third-order valence-electron chi connectivity index (χ3n) is 5.96. The van der Waals surface area contributed by atoms with Gasteiger partial charge in [-0.25, -0.2) is 4.98 Å². The fourth-order valence-corrected chi connectivity index (χ4v) is 4.32. The molecule has 1 amide bonds. The number of carbonyl (C=O) groups is 1. The molecule has 0 spiro atoms. The number of amides is 1. The second-order valence-corrected chi connectivity index (χ2v) is 8.51. The van der Waals surface area contributed by atoms with Crippen LogP contribution in [0.4, 0.5) is 18.9 Å². The van der Waals surface area contributed by atoms with Crippen molar-refractivity contribution >= 4 is 22.5 Å². The SMILES string of the molecule is C=C(Cc1ccccc1)C(=O)N[C@@H]1CCC[C@H](Nc2cc(C(F)(F)F)nc3ccccc23)C1. The first-order chi connectivity index (χ1) is 15.8. The minimum atomic E-state index is -4.53. The summed E-state index contributed by atoms with van der Waals surface area (Å²) in [6.07, 6.45) is -0.916. The number of nitrogens with one attached hydrogen (secondary N) is 2. The summed E-state index contributed by atoms with van der Waals surface area (Å²) in [6, 6.07) is 17.4. The van der Waals surface area contributed by atoms with Crippen molar-refractivity contribution in [3.63, 3.8) is 0 Å². The number of para-hydroxylation sites is 1. The van der Waals surface area contributed by atoms with E-state index in [0.717, 1.165) is 30.9 Å². The molecule has 172 valence electrons. The number of halogens is 3. The van der Waals surface area contributed by atoms with Crippen molar-refractivity contribution in [1.29, 1.82) is 0 Å². The lowest BCUT2D eigenvalue weighted by atomic mass is 9.90. The minimum Gasteiger partial charge on any atom is -0.382 e. The van der Waals surface area contributed by atoms with Crippen LogP contribution >= 0.6 is 0 Å². The smallest absolute Gasteiger partial charge is 0.382 e. The molecule has 7 heteroatoms. The van der Waals surface area contributed by atoms with Gasteiger partial charge in [-0.2, -0.15) is 13.2 Å². The van der Waals surface area contributed by atoms with Gasteiger partial charge in [0.25, 0.3) is 0 Å². The molecule has 4 rings (SSSR count). The number of anilines is 1. The first kappa shape index (κ1) is 22.8. The van der Waals surface area contributed by atoms with E-state index in [2.05, 4.69) is 22.2 Å². The van der Waals surface area contributed by atoms with E-state index >= 15 is 0 Å². The molecule has 0 unspecified atom stereocenters. The molecule has 33 heavy (non-hydrogen) atoms. The molecular formula is C26H26F3N3O. The van der Waals surface area contributed by atoms with Crippen molar-refractivity contribution in [2.75, 3.05) is 5.32 Å². The topological polar surface area (TPSA) is 54.0 Å². The summed E-state index contributed by atoms with van der Waals surface area (Å²) in [4.78, 5) is 16.4. The second-order valence-electron chi connectivity index (χ2n) is 8.51. The molecule has 1 aliphatic carbocycles. The van der Waals surface area contributed by atoms with E-state index in [1.165, 1.54) is 0 Å². The van der Waals surface area contributed by atoms with Crippen LogP contribution in [0, 0.1) is 0 Å². The first-order valence-corrected chi connectivity index (χ1v) is 11.1. The molecule has 0 aliphatic heterocycles. The first-order valence-electron chi connectivity index (χ1n) is 11.1. The Kier molecular flexibility index (Phi) is 6.67. The van der Waals surface area contributed by atoms with E-state index in [1.54, 1.807) is 24.3 Å². The number of hydrogen-bond acceptors (Lipinski definition) is 3. The number of benzene rings is 2. The van der Waals surface area contributed by atoms with Crippen LogP contribution in [-0.2, 0) is 17.4 Å². The standard InChI is InChI=1S/C26H26F3N3O/c1-17(14-18-8-3-2-4-9-18)25(33)31-20-11-7-10-19(15-20)30-23-16-24(26(27,28)29)32-22-13-6-5-12-21(22)23/h2-6,8-9,12-13,16,19-20H,1,7,10-11,14-15H2,(H,30,32)(H,31,33)/t19-,20+/m0/s1. The minimum absolute atomic E-state index is 0.0571. The number of rotatable bonds is 6. The molecule has 1 heterocycles. The van der Waals surface area contributed by atoms with Gasteiger partial charge in [-0.05, 0) is 43.4 Å². The Bertz CT molecular complexity index is 1140. The van der Waals surface area contributed by atoms with Crippen molar-refractivity contribution in [3.05, 3.63) is 84.1 Å². The maximum atomic E-state index is 13.4. The van der Waals surface area contributed by atoms with Gasteiger partial charge >= 0.3 is 6.18 Å². The Morgan fingerprint density at radius 3 is 2.48 bits per heavy atom. The monoisotopic (exact) mass is 453 g/mol. The lowest BCUT2D eigenvalue weighted by molar-refractivity contribution is -0.140. The highest BCUT2D eigenvalue weighted by molar-refractivity contribution is 5.93. The molecule has 0 saturated heterocycles. The zero-order valence-corrected chi connectivity index (χ0v) is 18.2. The Morgan fingerprint density at radius 2 is 1.73 bits per heavy atom. The van der Waals surface area contributed by atoms with E-state index in [0.29, 0.717) is 35.0 Å². The molecule has 0 radical (unpaired) electrons. The molecule has 1 aromatic heterocycles. The summed E-state index contributed by atoms with van der Waals surface area (Å²) in [5.41, 5.74) is 1.31. The third kappa shape index (κ3) is 5.72. The maximum absolute atomic E-state index is 13.4. The Labute approximate surface area is 190 Å². The summed E-state index contributed by atoms with van der Waals surface area (Å²) in [5.74, 6) is -0.182. The quantitative estimate of drug-likeness (QED) is 0.458. The fraction of sp³-hybridized carbons (Fsp3) is 0.308. The van der Waals surface area contributed by atoms with Gasteiger partial charge in [0.05, 0.1) is 5.52 Å². The predicted molar refractivity (Wildman–Crippen MR) is 124 cm³/mol. The van der Waals surface area contributed by atoms with Crippen molar-refractivity contribution < 1.29 is 18.0 Å². The summed E-state index contributed by atoms with van der Waals surface area (Å²) < 4.78 is 40.1. The molecule has 1 saturated carbocycles. The van der Waals surface area contributed by atoms with Gasteiger partial charge in [0.15, 0.2) is 0 Å². The maximum Gasteiger partial charge on any atom is 0.433 e. The predicted octanol–water partition coefficient (Wildman–Crippen LogP) is 5.89. The number of nitrogens with zero attached hydrogens (tertiary/aromatic N) is 1. The van der Waals surface area contributed by atoms with Crippen molar-refractivity contribution in [2.45, 2.75) is 50.4 Å². The van der Waals surface area contributed by atoms with Gasteiger partial charge in [0.1, 0.15) is 5.69 Å². The van der Waals surface area contributed by atoms with Gasteiger partial charge in [-0.15, -0.1) is 0 Å². The van der Waals surface area contributed by atoms with E-state index in [9.17, 15) is 18.0 Å². The largest absolute Gasteiger partial charge is 0.433 e. The number of fused-ring (bicyclic) bond motifs is 1. The molecule has 1 aliphatic rings. The van der Waals surface area contributed by atoms with Crippen LogP contribution in [-0.4, -0.2) is 23.0 Å². The summed E-state index contributed by atoms with van der Waals surface area (Å²) in [5, 5.41) is 7.00. The van der Waals surface area contributed by atoms with Crippen molar-refractivity contribution in [3.8, 4) is 0 Å².